The van der Waals surface area contributed by atoms with Crippen LogP contribution in [0.3, 0.4) is 0 Å². The molecule has 1 heterocycles. The topological polar surface area (TPSA) is 27.1 Å². The van der Waals surface area contributed by atoms with Gasteiger partial charge in [-0.3, -0.25) is 0 Å². The molecular weight excluding hydrogens is 207 g/mol. The van der Waals surface area contributed by atoms with Gasteiger partial charge in [0.2, 0.25) is 5.88 Å². The van der Waals surface area contributed by atoms with Crippen LogP contribution in [-0.2, 0) is 13.7 Å². The molecule has 1 aromatic heterocycles. The van der Waals surface area contributed by atoms with E-state index < -0.39 is 0 Å². The number of rotatable bonds is 3. The van der Waals surface area contributed by atoms with Gasteiger partial charge in [0.1, 0.15) is 12.4 Å². The van der Waals surface area contributed by atoms with Gasteiger partial charge in [-0.05, 0) is 24.6 Å². The third kappa shape index (κ3) is 2.21. The molecule has 0 aliphatic heterocycles. The van der Waals surface area contributed by atoms with Gasteiger partial charge >= 0.3 is 0 Å². The van der Waals surface area contributed by atoms with Gasteiger partial charge in [-0.1, -0.05) is 12.1 Å². The van der Waals surface area contributed by atoms with E-state index in [1.54, 1.807) is 23.0 Å². The van der Waals surface area contributed by atoms with Crippen molar-refractivity contribution in [2.24, 2.45) is 7.05 Å². The zero-order valence-corrected chi connectivity index (χ0v) is 9.27. The van der Waals surface area contributed by atoms with Crippen LogP contribution in [0.2, 0.25) is 0 Å². The van der Waals surface area contributed by atoms with Gasteiger partial charge in [-0.15, -0.1) is 0 Å². The third-order valence-electron chi connectivity index (χ3n) is 2.34. The van der Waals surface area contributed by atoms with Crippen molar-refractivity contribution >= 4 is 0 Å². The first-order valence-electron chi connectivity index (χ1n) is 5.02. The lowest BCUT2D eigenvalue weighted by molar-refractivity contribution is 0.277. The second kappa shape index (κ2) is 4.35. The molecule has 0 N–H and O–H groups in total. The molecule has 0 aliphatic rings. The molecule has 3 nitrogen and oxygen atoms in total. The fraction of sp³-hybridized carbons (Fsp3) is 0.250. The largest absolute Gasteiger partial charge is 0.473 e. The summed E-state index contributed by atoms with van der Waals surface area (Å²) in [5, 5.41) is 4.07. The van der Waals surface area contributed by atoms with Crippen LogP contribution in [0.25, 0.3) is 0 Å². The van der Waals surface area contributed by atoms with Crippen LogP contribution in [0, 0.1) is 12.7 Å². The molecule has 0 saturated heterocycles. The summed E-state index contributed by atoms with van der Waals surface area (Å²) in [6.07, 6.45) is 1.75. The highest BCUT2D eigenvalue weighted by atomic mass is 19.1. The Labute approximate surface area is 93.5 Å². The number of hydrogen-bond donors (Lipinski definition) is 0. The van der Waals surface area contributed by atoms with E-state index in [4.69, 9.17) is 4.74 Å². The Bertz CT molecular complexity index is 457. The van der Waals surface area contributed by atoms with Crippen LogP contribution in [-0.4, -0.2) is 9.78 Å². The molecule has 0 amide bonds. The minimum Gasteiger partial charge on any atom is -0.473 e. The summed E-state index contributed by atoms with van der Waals surface area (Å²) in [7, 11) is 1.83. The van der Waals surface area contributed by atoms with Crippen LogP contribution < -0.4 is 4.74 Å². The summed E-state index contributed by atoms with van der Waals surface area (Å²) in [5.74, 6) is 0.504. The minimum atomic E-state index is -0.236. The first-order valence-corrected chi connectivity index (χ1v) is 5.02. The van der Waals surface area contributed by atoms with Crippen molar-refractivity contribution in [2.75, 3.05) is 0 Å². The van der Waals surface area contributed by atoms with E-state index in [0.717, 1.165) is 17.0 Å². The van der Waals surface area contributed by atoms with E-state index in [2.05, 4.69) is 5.10 Å². The normalized spacial score (nSPS) is 10.4. The van der Waals surface area contributed by atoms with Gasteiger partial charge in [0.05, 0.1) is 6.20 Å². The molecule has 16 heavy (non-hydrogen) atoms. The fourth-order valence-electron chi connectivity index (χ4n) is 1.48. The average molecular weight is 220 g/mol. The molecule has 1 aromatic carbocycles. The maximum Gasteiger partial charge on any atom is 0.214 e. The summed E-state index contributed by atoms with van der Waals surface area (Å²) in [5.41, 5.74) is 1.92. The highest BCUT2D eigenvalue weighted by Gasteiger charge is 2.05. The quantitative estimate of drug-likeness (QED) is 0.794. The lowest BCUT2D eigenvalue weighted by atomic mass is 10.2. The molecule has 0 aliphatic carbocycles. The van der Waals surface area contributed by atoms with Crippen molar-refractivity contribution in [1.82, 2.24) is 9.78 Å². The van der Waals surface area contributed by atoms with Crippen molar-refractivity contribution in [1.29, 1.82) is 0 Å². The second-order valence-corrected chi connectivity index (χ2v) is 3.67. The molecule has 0 saturated carbocycles. The molecule has 0 radical (unpaired) electrons. The zero-order chi connectivity index (χ0) is 11.5. The standard InChI is InChI=1S/C12H13FN2O/c1-9-7-14-15(2)12(9)16-8-10-3-5-11(13)6-4-10/h3-7H,8H2,1-2H3. The Hall–Kier alpha value is -1.84. The predicted molar refractivity (Wildman–Crippen MR) is 58.7 cm³/mol. The molecule has 84 valence electrons. The Kier molecular flexibility index (Phi) is 2.90. The van der Waals surface area contributed by atoms with Crippen molar-refractivity contribution in [3.63, 3.8) is 0 Å². The molecular formula is C12H13FN2O. The Morgan fingerprint density at radius 2 is 2.00 bits per heavy atom. The Balaban J connectivity index is 2.05. The minimum absolute atomic E-state index is 0.236. The highest BCUT2D eigenvalue weighted by Crippen LogP contribution is 2.16. The van der Waals surface area contributed by atoms with Crippen LogP contribution in [0.4, 0.5) is 4.39 Å². The molecule has 2 rings (SSSR count). The summed E-state index contributed by atoms with van der Waals surface area (Å²) < 4.78 is 20.0. The Morgan fingerprint density at radius 3 is 2.56 bits per heavy atom. The van der Waals surface area contributed by atoms with E-state index in [0.29, 0.717) is 6.61 Å². The lowest BCUT2D eigenvalue weighted by Crippen LogP contribution is -2.01. The van der Waals surface area contributed by atoms with E-state index in [9.17, 15) is 4.39 Å². The highest BCUT2D eigenvalue weighted by molar-refractivity contribution is 5.23. The van der Waals surface area contributed by atoms with Gasteiger partial charge in [0.15, 0.2) is 0 Å². The second-order valence-electron chi connectivity index (χ2n) is 3.67. The maximum atomic E-state index is 12.7. The van der Waals surface area contributed by atoms with E-state index >= 15 is 0 Å². The van der Waals surface area contributed by atoms with Crippen LogP contribution in [0.5, 0.6) is 5.88 Å². The average Bonchev–Trinajstić information content (AvgIpc) is 2.59. The molecule has 0 fully saturated rings. The van der Waals surface area contributed by atoms with Gasteiger partial charge in [-0.2, -0.15) is 5.10 Å². The van der Waals surface area contributed by atoms with Crippen molar-refractivity contribution in [2.45, 2.75) is 13.5 Å². The first-order chi connectivity index (χ1) is 7.66. The van der Waals surface area contributed by atoms with Gasteiger partial charge in [-0.25, -0.2) is 9.07 Å². The van der Waals surface area contributed by atoms with Crippen LogP contribution in [0.15, 0.2) is 30.5 Å². The van der Waals surface area contributed by atoms with Crippen molar-refractivity contribution in [3.05, 3.63) is 47.4 Å². The maximum absolute atomic E-state index is 12.7. The summed E-state index contributed by atoms with van der Waals surface area (Å²) in [4.78, 5) is 0. The van der Waals surface area contributed by atoms with Crippen molar-refractivity contribution in [3.8, 4) is 5.88 Å². The lowest BCUT2D eigenvalue weighted by Gasteiger charge is -2.07. The number of aryl methyl sites for hydroxylation is 2. The number of benzene rings is 1. The molecule has 0 unspecified atom stereocenters. The van der Waals surface area contributed by atoms with Crippen LogP contribution >= 0.6 is 0 Å². The molecule has 2 aromatic rings. The predicted octanol–water partition coefficient (Wildman–Crippen LogP) is 2.45. The van der Waals surface area contributed by atoms with Gasteiger partial charge in [0.25, 0.3) is 0 Å². The van der Waals surface area contributed by atoms with E-state index in [1.165, 1.54) is 12.1 Å². The summed E-state index contributed by atoms with van der Waals surface area (Å²) in [6, 6.07) is 6.27. The van der Waals surface area contributed by atoms with Gasteiger partial charge < -0.3 is 4.74 Å². The summed E-state index contributed by atoms with van der Waals surface area (Å²) in [6.45, 7) is 2.35. The van der Waals surface area contributed by atoms with Crippen LogP contribution in [0.1, 0.15) is 11.1 Å². The van der Waals surface area contributed by atoms with E-state index in [1.807, 2.05) is 14.0 Å². The zero-order valence-electron chi connectivity index (χ0n) is 9.27. The number of hydrogen-bond acceptors (Lipinski definition) is 2. The van der Waals surface area contributed by atoms with Gasteiger partial charge in [0, 0.05) is 12.6 Å². The summed E-state index contributed by atoms with van der Waals surface area (Å²) >= 11 is 0. The number of halogens is 1. The molecule has 0 atom stereocenters. The smallest absolute Gasteiger partial charge is 0.214 e. The molecule has 0 bridgehead atoms. The first kappa shape index (κ1) is 10.7. The fourth-order valence-corrected chi connectivity index (χ4v) is 1.48. The number of nitrogens with zero attached hydrogens (tertiary/aromatic N) is 2. The van der Waals surface area contributed by atoms with E-state index in [-0.39, 0.29) is 5.82 Å². The van der Waals surface area contributed by atoms with Crippen molar-refractivity contribution < 1.29 is 9.13 Å². The number of aromatic nitrogens is 2. The Morgan fingerprint density at radius 1 is 1.31 bits per heavy atom. The third-order valence-corrected chi connectivity index (χ3v) is 2.34. The molecule has 4 heteroatoms. The SMILES string of the molecule is Cc1cnn(C)c1OCc1ccc(F)cc1. The number of ether oxygens (including phenoxy) is 1. The monoisotopic (exact) mass is 220 g/mol. The molecule has 0 spiro atoms.